The molecule has 0 atom stereocenters. The van der Waals surface area contributed by atoms with Gasteiger partial charge in [-0.05, 0) is 18.1 Å². The van der Waals surface area contributed by atoms with Crippen molar-refractivity contribution >= 4 is 22.5 Å². The van der Waals surface area contributed by atoms with Gasteiger partial charge in [0, 0.05) is 30.0 Å². The fourth-order valence-electron chi connectivity index (χ4n) is 1.56. The molecule has 0 saturated heterocycles. The van der Waals surface area contributed by atoms with Crippen molar-refractivity contribution in [3.8, 4) is 11.8 Å². The van der Waals surface area contributed by atoms with Crippen molar-refractivity contribution in [1.29, 1.82) is 0 Å². The summed E-state index contributed by atoms with van der Waals surface area (Å²) in [6.07, 6.45) is 0. The van der Waals surface area contributed by atoms with Gasteiger partial charge in [0.05, 0.1) is 12.2 Å². The van der Waals surface area contributed by atoms with Gasteiger partial charge in [0.25, 0.3) is 0 Å². The topological polar surface area (TPSA) is 72.5 Å². The van der Waals surface area contributed by atoms with Gasteiger partial charge in [-0.1, -0.05) is 5.92 Å². The monoisotopic (exact) mass is 228 g/mol. The molecule has 0 radical (unpaired) electrons. The van der Waals surface area contributed by atoms with Crippen LogP contribution < -0.4 is 11.1 Å². The minimum Gasteiger partial charge on any atom is -0.348 e. The minimum atomic E-state index is -0.0716. The van der Waals surface area contributed by atoms with Gasteiger partial charge in [0.15, 0.2) is 0 Å². The predicted octanol–water partition coefficient (Wildman–Crippen LogP) is 0.529. The number of quaternary nitrogens is 1. The largest absolute Gasteiger partial charge is 0.348 e. The number of carbonyl (C=O) groups excluding carboxylic acids is 1. The molecule has 2 aromatic rings. The number of fused-ring (bicyclic) bond motifs is 1. The molecule has 1 aromatic heterocycles. The van der Waals surface area contributed by atoms with Crippen LogP contribution in [-0.2, 0) is 4.79 Å². The zero-order valence-corrected chi connectivity index (χ0v) is 9.63. The molecular formula is C13H14N3O+. The molecular weight excluding hydrogens is 214 g/mol. The molecule has 0 fully saturated rings. The number of rotatable bonds is 1. The van der Waals surface area contributed by atoms with Crippen LogP contribution in [0.2, 0.25) is 0 Å². The van der Waals surface area contributed by atoms with Gasteiger partial charge in [0.2, 0.25) is 5.91 Å². The van der Waals surface area contributed by atoms with Crippen molar-refractivity contribution < 1.29 is 10.5 Å². The van der Waals surface area contributed by atoms with Crippen LogP contribution >= 0.6 is 0 Å². The van der Waals surface area contributed by atoms with E-state index in [1.807, 2.05) is 24.3 Å². The second-order valence-electron chi connectivity index (χ2n) is 3.82. The summed E-state index contributed by atoms with van der Waals surface area (Å²) < 4.78 is 0. The normalized spacial score (nSPS) is 9.76. The average Bonchev–Trinajstić information content (AvgIpc) is 2.66. The zero-order valence-electron chi connectivity index (χ0n) is 9.63. The van der Waals surface area contributed by atoms with Crippen LogP contribution in [0, 0.1) is 11.8 Å². The van der Waals surface area contributed by atoms with Crippen LogP contribution in [-0.4, -0.2) is 17.4 Å². The molecule has 0 aliphatic rings. The molecule has 0 unspecified atom stereocenters. The molecule has 5 N–H and O–H groups in total. The molecule has 4 nitrogen and oxygen atoms in total. The van der Waals surface area contributed by atoms with Gasteiger partial charge >= 0.3 is 0 Å². The van der Waals surface area contributed by atoms with Crippen LogP contribution in [0.4, 0.5) is 5.69 Å². The van der Waals surface area contributed by atoms with Gasteiger partial charge < -0.3 is 16.0 Å². The van der Waals surface area contributed by atoms with Crippen molar-refractivity contribution in [2.24, 2.45) is 0 Å². The Labute approximate surface area is 99.2 Å². The van der Waals surface area contributed by atoms with E-state index in [0.29, 0.717) is 6.54 Å². The Morgan fingerprint density at radius 2 is 2.29 bits per heavy atom. The Hall–Kier alpha value is -2.25. The van der Waals surface area contributed by atoms with E-state index in [1.165, 1.54) is 6.92 Å². The maximum atomic E-state index is 10.6. The number of carbonyl (C=O) groups is 1. The standard InChI is InChI=1S/C13H13N3O/c1-9(17)15-6-2-3-12-8-10-7-11(14)4-5-13(10)16-12/h4-5,7-8,16H,6,14H2,1H3,(H,15,17)/p+1. The second kappa shape index (κ2) is 4.73. The van der Waals surface area contributed by atoms with Crippen molar-refractivity contribution in [2.45, 2.75) is 6.92 Å². The summed E-state index contributed by atoms with van der Waals surface area (Å²) in [6.45, 7) is 1.84. The van der Waals surface area contributed by atoms with E-state index in [0.717, 1.165) is 22.3 Å². The second-order valence-corrected chi connectivity index (χ2v) is 3.82. The number of benzene rings is 1. The summed E-state index contributed by atoms with van der Waals surface area (Å²) in [4.78, 5) is 13.8. The molecule has 0 bridgehead atoms. The Morgan fingerprint density at radius 1 is 1.47 bits per heavy atom. The highest BCUT2D eigenvalue weighted by molar-refractivity contribution is 5.83. The highest BCUT2D eigenvalue weighted by Gasteiger charge is 1.99. The average molecular weight is 228 g/mol. The third-order valence-electron chi connectivity index (χ3n) is 2.33. The molecule has 4 heteroatoms. The van der Waals surface area contributed by atoms with Crippen molar-refractivity contribution in [3.05, 3.63) is 30.0 Å². The highest BCUT2D eigenvalue weighted by Crippen LogP contribution is 2.16. The molecule has 2 rings (SSSR count). The quantitative estimate of drug-likeness (QED) is 0.612. The number of aromatic amines is 1. The first-order valence-corrected chi connectivity index (χ1v) is 5.33. The third kappa shape index (κ3) is 2.86. The number of amides is 1. The van der Waals surface area contributed by atoms with Gasteiger partial charge in [0.1, 0.15) is 5.69 Å². The summed E-state index contributed by atoms with van der Waals surface area (Å²) in [5.41, 5.74) is 6.74. The first-order valence-electron chi connectivity index (χ1n) is 5.33. The Balaban J connectivity index is 2.16. The lowest BCUT2D eigenvalue weighted by Gasteiger charge is -1.90. The fourth-order valence-corrected chi connectivity index (χ4v) is 1.56. The Bertz CT molecular complexity index is 616. The van der Waals surface area contributed by atoms with E-state index in [4.69, 9.17) is 0 Å². The first kappa shape index (κ1) is 11.2. The lowest BCUT2D eigenvalue weighted by Crippen LogP contribution is -2.39. The number of hydrogen-bond acceptors (Lipinski definition) is 1. The summed E-state index contributed by atoms with van der Waals surface area (Å²) in [6, 6.07) is 7.92. The molecule has 0 aliphatic carbocycles. The molecule has 1 heterocycles. The van der Waals surface area contributed by atoms with Crippen molar-refractivity contribution in [2.75, 3.05) is 6.54 Å². The van der Waals surface area contributed by atoms with Gasteiger partial charge in [-0.25, -0.2) is 0 Å². The van der Waals surface area contributed by atoms with Crippen molar-refractivity contribution in [1.82, 2.24) is 10.3 Å². The maximum absolute atomic E-state index is 10.6. The van der Waals surface area contributed by atoms with E-state index in [1.54, 1.807) is 0 Å². The smallest absolute Gasteiger partial charge is 0.217 e. The lowest BCUT2D eigenvalue weighted by atomic mass is 10.2. The minimum absolute atomic E-state index is 0.0716. The molecule has 86 valence electrons. The van der Waals surface area contributed by atoms with E-state index < -0.39 is 0 Å². The van der Waals surface area contributed by atoms with Crippen LogP contribution in [0.5, 0.6) is 0 Å². The zero-order chi connectivity index (χ0) is 12.3. The highest BCUT2D eigenvalue weighted by atomic mass is 16.1. The Kier molecular flexibility index (Phi) is 3.12. The molecule has 0 aliphatic heterocycles. The number of aromatic nitrogens is 1. The van der Waals surface area contributed by atoms with E-state index >= 15 is 0 Å². The predicted molar refractivity (Wildman–Crippen MR) is 66.4 cm³/mol. The molecule has 1 amide bonds. The summed E-state index contributed by atoms with van der Waals surface area (Å²) >= 11 is 0. The summed E-state index contributed by atoms with van der Waals surface area (Å²) in [5, 5.41) is 3.72. The van der Waals surface area contributed by atoms with Crippen LogP contribution in [0.15, 0.2) is 24.3 Å². The number of nitrogens with one attached hydrogen (secondary N) is 2. The lowest BCUT2D eigenvalue weighted by molar-refractivity contribution is -0.254. The summed E-state index contributed by atoms with van der Waals surface area (Å²) in [5.74, 6) is 5.78. The number of hydrogen-bond donors (Lipinski definition) is 3. The summed E-state index contributed by atoms with van der Waals surface area (Å²) in [7, 11) is 0. The van der Waals surface area contributed by atoms with E-state index in [2.05, 4.69) is 27.9 Å². The van der Waals surface area contributed by atoms with Gasteiger partial charge in [-0.15, -0.1) is 0 Å². The Morgan fingerprint density at radius 3 is 3.06 bits per heavy atom. The molecule has 17 heavy (non-hydrogen) atoms. The van der Waals surface area contributed by atoms with Gasteiger partial charge in [-0.3, -0.25) is 4.79 Å². The number of H-pyrrole nitrogens is 1. The van der Waals surface area contributed by atoms with Gasteiger partial charge in [-0.2, -0.15) is 0 Å². The SMILES string of the molecule is CC(=O)NCC#Cc1cc2cc([NH3+])ccc2[nH]1. The van der Waals surface area contributed by atoms with E-state index in [-0.39, 0.29) is 5.91 Å². The molecule has 1 aromatic carbocycles. The van der Waals surface area contributed by atoms with Crippen LogP contribution in [0.3, 0.4) is 0 Å². The molecule has 0 spiro atoms. The first-order chi connectivity index (χ1) is 8.15. The maximum Gasteiger partial charge on any atom is 0.217 e. The van der Waals surface area contributed by atoms with E-state index in [9.17, 15) is 4.79 Å². The fraction of sp³-hybridized carbons (Fsp3) is 0.154. The van der Waals surface area contributed by atoms with Crippen LogP contribution in [0.25, 0.3) is 10.9 Å². The third-order valence-corrected chi connectivity index (χ3v) is 2.33. The van der Waals surface area contributed by atoms with Crippen LogP contribution in [0.1, 0.15) is 12.6 Å². The van der Waals surface area contributed by atoms with Crippen molar-refractivity contribution in [3.63, 3.8) is 0 Å². The molecule has 0 saturated carbocycles.